The van der Waals surface area contributed by atoms with Crippen LogP contribution in [-0.2, 0) is 19.6 Å². The van der Waals surface area contributed by atoms with Gasteiger partial charge in [0.1, 0.15) is 18.1 Å². The van der Waals surface area contributed by atoms with Crippen molar-refractivity contribution >= 4 is 27.5 Å². The third-order valence-electron chi connectivity index (χ3n) is 4.43. The standard InChI is InChI=1S/C23H23BrClNO2/c1-27-21-9-6-17(7-10-21)12-13-26-15-19-14-20(24)8-11-23(19)28-16-18-4-2-3-5-22(18)25/h2-11,14,26H,12-13,15-16H2,1H3. The third-order valence-corrected chi connectivity index (χ3v) is 5.29. The van der Waals surface area contributed by atoms with E-state index in [-0.39, 0.29) is 0 Å². The summed E-state index contributed by atoms with van der Waals surface area (Å²) >= 11 is 9.77. The van der Waals surface area contributed by atoms with Crippen LogP contribution in [0.25, 0.3) is 0 Å². The lowest BCUT2D eigenvalue weighted by atomic mass is 10.1. The first-order valence-corrected chi connectivity index (χ1v) is 10.3. The molecule has 0 aromatic heterocycles. The maximum atomic E-state index is 6.23. The molecule has 28 heavy (non-hydrogen) atoms. The molecule has 3 aromatic carbocycles. The lowest BCUT2D eigenvalue weighted by Crippen LogP contribution is -2.17. The summed E-state index contributed by atoms with van der Waals surface area (Å²) in [4.78, 5) is 0. The zero-order chi connectivity index (χ0) is 19.8. The van der Waals surface area contributed by atoms with Gasteiger partial charge in [-0.15, -0.1) is 0 Å². The Hall–Kier alpha value is -2.01. The van der Waals surface area contributed by atoms with E-state index in [4.69, 9.17) is 21.1 Å². The summed E-state index contributed by atoms with van der Waals surface area (Å²) in [6.07, 6.45) is 0.952. The number of rotatable bonds is 9. The molecular weight excluding hydrogens is 438 g/mol. The Labute approximate surface area is 179 Å². The highest BCUT2D eigenvalue weighted by Gasteiger charge is 2.07. The Morgan fingerprint density at radius 3 is 2.50 bits per heavy atom. The molecule has 3 aromatic rings. The van der Waals surface area contributed by atoms with Crippen LogP contribution in [0.15, 0.2) is 71.2 Å². The minimum atomic E-state index is 0.445. The van der Waals surface area contributed by atoms with Crippen molar-refractivity contribution in [3.05, 3.63) is 92.9 Å². The summed E-state index contributed by atoms with van der Waals surface area (Å²) in [5.41, 5.74) is 3.36. The summed E-state index contributed by atoms with van der Waals surface area (Å²) in [6.45, 7) is 2.05. The summed E-state index contributed by atoms with van der Waals surface area (Å²) in [5.74, 6) is 1.74. The molecule has 0 saturated heterocycles. The number of ether oxygens (including phenoxy) is 2. The van der Waals surface area contributed by atoms with Crippen molar-refractivity contribution in [2.24, 2.45) is 0 Å². The average molecular weight is 461 g/mol. The number of halogens is 2. The van der Waals surface area contributed by atoms with Gasteiger partial charge in [0.25, 0.3) is 0 Å². The Balaban J connectivity index is 1.55. The molecular formula is C23H23BrClNO2. The summed E-state index contributed by atoms with van der Waals surface area (Å²) < 4.78 is 12.3. The normalized spacial score (nSPS) is 10.7. The Morgan fingerprint density at radius 2 is 1.75 bits per heavy atom. The van der Waals surface area contributed by atoms with Crippen molar-refractivity contribution < 1.29 is 9.47 Å². The summed E-state index contributed by atoms with van der Waals surface area (Å²) in [6, 6.07) is 22.0. The van der Waals surface area contributed by atoms with E-state index in [1.807, 2.05) is 48.5 Å². The zero-order valence-corrected chi connectivity index (χ0v) is 18.1. The van der Waals surface area contributed by atoms with E-state index in [1.54, 1.807) is 7.11 Å². The molecule has 0 unspecified atom stereocenters. The van der Waals surface area contributed by atoms with Crippen molar-refractivity contribution in [2.45, 2.75) is 19.6 Å². The van der Waals surface area contributed by atoms with Gasteiger partial charge in [0.05, 0.1) is 7.11 Å². The van der Waals surface area contributed by atoms with E-state index in [2.05, 4.69) is 39.4 Å². The topological polar surface area (TPSA) is 30.5 Å². The molecule has 0 atom stereocenters. The van der Waals surface area contributed by atoms with E-state index in [1.165, 1.54) is 5.56 Å². The second-order valence-corrected chi connectivity index (χ2v) is 7.73. The number of hydrogen-bond donors (Lipinski definition) is 1. The molecule has 0 aliphatic carbocycles. The Kier molecular flexibility index (Phi) is 7.78. The highest BCUT2D eigenvalue weighted by atomic mass is 79.9. The van der Waals surface area contributed by atoms with Crippen LogP contribution < -0.4 is 14.8 Å². The van der Waals surface area contributed by atoms with E-state index in [0.29, 0.717) is 6.61 Å². The van der Waals surface area contributed by atoms with E-state index in [0.717, 1.165) is 51.6 Å². The van der Waals surface area contributed by atoms with Crippen LogP contribution in [-0.4, -0.2) is 13.7 Å². The van der Waals surface area contributed by atoms with Crippen LogP contribution in [0.4, 0.5) is 0 Å². The van der Waals surface area contributed by atoms with Crippen molar-refractivity contribution in [2.75, 3.05) is 13.7 Å². The molecule has 0 aliphatic heterocycles. The highest BCUT2D eigenvalue weighted by Crippen LogP contribution is 2.25. The lowest BCUT2D eigenvalue weighted by Gasteiger charge is -2.14. The van der Waals surface area contributed by atoms with Gasteiger partial charge in [0.2, 0.25) is 0 Å². The average Bonchev–Trinajstić information content (AvgIpc) is 2.72. The molecule has 0 spiro atoms. The molecule has 5 heteroatoms. The predicted octanol–water partition coefficient (Wildman–Crippen LogP) is 6.02. The first-order valence-electron chi connectivity index (χ1n) is 9.14. The van der Waals surface area contributed by atoms with Gasteiger partial charge in [-0.3, -0.25) is 0 Å². The molecule has 0 saturated carbocycles. The van der Waals surface area contributed by atoms with Gasteiger partial charge < -0.3 is 14.8 Å². The van der Waals surface area contributed by atoms with Crippen molar-refractivity contribution in [3.8, 4) is 11.5 Å². The van der Waals surface area contributed by atoms with Crippen molar-refractivity contribution in [1.82, 2.24) is 5.32 Å². The number of methoxy groups -OCH3 is 1. The number of nitrogens with one attached hydrogen (secondary N) is 1. The maximum absolute atomic E-state index is 6.23. The van der Waals surface area contributed by atoms with E-state index >= 15 is 0 Å². The van der Waals surface area contributed by atoms with Gasteiger partial charge in [-0.1, -0.05) is 57.9 Å². The molecule has 0 aliphatic rings. The Morgan fingerprint density at radius 1 is 0.964 bits per heavy atom. The fraction of sp³-hybridized carbons (Fsp3) is 0.217. The molecule has 1 N–H and O–H groups in total. The quantitative estimate of drug-likeness (QED) is 0.396. The van der Waals surface area contributed by atoms with Gasteiger partial charge >= 0.3 is 0 Å². The predicted molar refractivity (Wildman–Crippen MR) is 118 cm³/mol. The molecule has 0 heterocycles. The van der Waals surface area contributed by atoms with Crippen LogP contribution >= 0.6 is 27.5 Å². The van der Waals surface area contributed by atoms with E-state index in [9.17, 15) is 0 Å². The maximum Gasteiger partial charge on any atom is 0.124 e. The fourth-order valence-electron chi connectivity index (χ4n) is 2.85. The molecule has 146 valence electrons. The van der Waals surface area contributed by atoms with Crippen LogP contribution in [0.3, 0.4) is 0 Å². The van der Waals surface area contributed by atoms with Crippen LogP contribution in [0.5, 0.6) is 11.5 Å². The lowest BCUT2D eigenvalue weighted by molar-refractivity contribution is 0.302. The van der Waals surface area contributed by atoms with Gasteiger partial charge in [0.15, 0.2) is 0 Å². The molecule has 0 amide bonds. The third kappa shape index (κ3) is 5.99. The summed E-state index contributed by atoms with van der Waals surface area (Å²) in [7, 11) is 1.68. The second-order valence-electron chi connectivity index (χ2n) is 6.41. The minimum Gasteiger partial charge on any atom is -0.497 e. The zero-order valence-electron chi connectivity index (χ0n) is 15.8. The number of benzene rings is 3. The Bertz CT molecular complexity index is 899. The molecule has 3 rings (SSSR count). The second kappa shape index (κ2) is 10.5. The highest BCUT2D eigenvalue weighted by molar-refractivity contribution is 9.10. The van der Waals surface area contributed by atoms with Gasteiger partial charge in [-0.05, 0) is 54.9 Å². The monoisotopic (exact) mass is 459 g/mol. The minimum absolute atomic E-state index is 0.445. The van der Waals surface area contributed by atoms with Gasteiger partial charge in [-0.2, -0.15) is 0 Å². The fourth-order valence-corrected chi connectivity index (χ4v) is 3.44. The number of hydrogen-bond acceptors (Lipinski definition) is 3. The van der Waals surface area contributed by atoms with Crippen molar-refractivity contribution in [3.63, 3.8) is 0 Å². The van der Waals surface area contributed by atoms with Crippen LogP contribution in [0, 0.1) is 0 Å². The largest absolute Gasteiger partial charge is 0.497 e. The molecule has 0 fully saturated rings. The van der Waals surface area contributed by atoms with Crippen LogP contribution in [0.1, 0.15) is 16.7 Å². The van der Waals surface area contributed by atoms with Crippen LogP contribution in [0.2, 0.25) is 5.02 Å². The summed E-state index contributed by atoms with van der Waals surface area (Å²) in [5, 5.41) is 4.22. The smallest absolute Gasteiger partial charge is 0.124 e. The van der Waals surface area contributed by atoms with E-state index < -0.39 is 0 Å². The SMILES string of the molecule is COc1ccc(CCNCc2cc(Br)ccc2OCc2ccccc2Cl)cc1. The van der Waals surface area contributed by atoms with Crippen molar-refractivity contribution in [1.29, 1.82) is 0 Å². The van der Waals surface area contributed by atoms with Gasteiger partial charge in [0, 0.05) is 27.2 Å². The van der Waals surface area contributed by atoms with Gasteiger partial charge in [-0.25, -0.2) is 0 Å². The first-order chi connectivity index (χ1) is 13.7. The molecule has 0 bridgehead atoms. The molecule has 0 radical (unpaired) electrons. The molecule has 3 nitrogen and oxygen atoms in total. The first kappa shape index (κ1) is 20.7.